The van der Waals surface area contributed by atoms with Crippen molar-refractivity contribution in [3.05, 3.63) is 241 Å². The molecule has 11 aromatic rings. The fourth-order valence-corrected chi connectivity index (χ4v) is 9.95. The molecule has 272 valence electrons. The van der Waals surface area contributed by atoms with E-state index in [4.69, 9.17) is 4.42 Å². The van der Waals surface area contributed by atoms with E-state index in [0.29, 0.717) is 0 Å². The Morgan fingerprint density at radius 1 is 0.414 bits per heavy atom. The normalized spacial score (nSPS) is 13.0. The first kappa shape index (κ1) is 32.6. The van der Waals surface area contributed by atoms with Gasteiger partial charge in [0, 0.05) is 38.5 Å². The summed E-state index contributed by atoms with van der Waals surface area (Å²) in [5.41, 5.74) is 15.2. The number of furan rings is 1. The van der Waals surface area contributed by atoms with Crippen LogP contribution in [0.1, 0.15) is 22.3 Å². The van der Waals surface area contributed by atoms with Crippen LogP contribution in [0.4, 0.5) is 17.1 Å². The van der Waals surface area contributed by atoms with Gasteiger partial charge in [-0.25, -0.2) is 0 Å². The molecule has 0 atom stereocenters. The van der Waals surface area contributed by atoms with E-state index in [-0.39, 0.29) is 0 Å². The van der Waals surface area contributed by atoms with Crippen LogP contribution in [0.25, 0.3) is 60.6 Å². The predicted molar refractivity (Wildman–Crippen MR) is 240 cm³/mol. The van der Waals surface area contributed by atoms with Gasteiger partial charge in [-0.3, -0.25) is 0 Å². The maximum absolute atomic E-state index is 6.85. The average molecular weight is 741 g/mol. The van der Waals surface area contributed by atoms with Crippen LogP contribution in [0.15, 0.2) is 223 Å². The summed E-state index contributed by atoms with van der Waals surface area (Å²) in [6.07, 6.45) is 0. The van der Waals surface area contributed by atoms with E-state index in [1.54, 1.807) is 0 Å². The summed E-state index contributed by atoms with van der Waals surface area (Å²) in [6.45, 7) is 0. The lowest BCUT2D eigenvalue weighted by Crippen LogP contribution is -2.28. The highest BCUT2D eigenvalue weighted by atomic mass is 16.3. The van der Waals surface area contributed by atoms with Gasteiger partial charge in [-0.2, -0.15) is 0 Å². The predicted octanol–water partition coefficient (Wildman–Crippen LogP) is 14.5. The molecule has 0 saturated heterocycles. The summed E-state index contributed by atoms with van der Waals surface area (Å²) >= 11 is 0. The number of fused-ring (bicyclic) bond motifs is 9. The van der Waals surface area contributed by atoms with Crippen molar-refractivity contribution in [2.45, 2.75) is 5.41 Å². The van der Waals surface area contributed by atoms with E-state index in [1.165, 1.54) is 55.2 Å². The van der Waals surface area contributed by atoms with Crippen LogP contribution in [0, 0.1) is 0 Å². The van der Waals surface area contributed by atoms with E-state index in [2.05, 4.69) is 222 Å². The van der Waals surface area contributed by atoms with Crippen molar-refractivity contribution in [2.24, 2.45) is 0 Å². The van der Waals surface area contributed by atoms with Crippen molar-refractivity contribution in [3.8, 4) is 16.8 Å². The van der Waals surface area contributed by atoms with Gasteiger partial charge in [0.05, 0.1) is 27.8 Å². The molecule has 12 rings (SSSR count). The third-order valence-corrected chi connectivity index (χ3v) is 12.3. The molecule has 0 fully saturated rings. The second-order valence-electron chi connectivity index (χ2n) is 15.2. The van der Waals surface area contributed by atoms with Crippen LogP contribution >= 0.6 is 0 Å². The van der Waals surface area contributed by atoms with Crippen LogP contribution < -0.4 is 4.90 Å². The molecule has 2 aromatic heterocycles. The number of nitrogens with zero attached hydrogens (tertiary/aromatic N) is 2. The Morgan fingerprint density at radius 3 is 1.71 bits per heavy atom. The molecule has 2 heterocycles. The van der Waals surface area contributed by atoms with Crippen molar-refractivity contribution < 1.29 is 4.42 Å². The van der Waals surface area contributed by atoms with Crippen molar-refractivity contribution >= 4 is 60.8 Å². The lowest BCUT2D eigenvalue weighted by molar-refractivity contribution is 0.669. The molecule has 0 aliphatic heterocycles. The minimum absolute atomic E-state index is 0.535. The molecule has 1 aliphatic rings. The van der Waals surface area contributed by atoms with Gasteiger partial charge < -0.3 is 13.9 Å². The van der Waals surface area contributed by atoms with E-state index in [9.17, 15) is 0 Å². The molecular weight excluding hydrogens is 705 g/mol. The van der Waals surface area contributed by atoms with E-state index < -0.39 is 5.41 Å². The average Bonchev–Trinajstić information content (AvgIpc) is 3.95. The molecule has 9 aromatic carbocycles. The maximum Gasteiger partial charge on any atom is 0.159 e. The first-order chi connectivity index (χ1) is 28.8. The SMILES string of the molecule is c1ccc(C2(c3ccccc3)c3ccccc3-c3c(N(c4cccc(-n5c6ccccc6c6ccccc65)c4)c4cccc5c4oc4ccccc45)cccc32)cc1. The molecule has 0 spiro atoms. The fraction of sp³-hybridized carbons (Fsp3) is 0.0182. The van der Waals surface area contributed by atoms with Crippen LogP contribution in [-0.2, 0) is 5.41 Å². The highest BCUT2D eigenvalue weighted by Gasteiger charge is 2.47. The molecule has 0 N–H and O–H groups in total. The smallest absolute Gasteiger partial charge is 0.159 e. The summed E-state index contributed by atoms with van der Waals surface area (Å²) in [5.74, 6) is 0. The van der Waals surface area contributed by atoms with Crippen LogP contribution in [-0.4, -0.2) is 4.57 Å². The number of hydrogen-bond acceptors (Lipinski definition) is 2. The Bertz CT molecular complexity index is 3260. The molecule has 3 nitrogen and oxygen atoms in total. The lowest BCUT2D eigenvalue weighted by Gasteiger charge is -2.34. The second kappa shape index (κ2) is 12.7. The van der Waals surface area contributed by atoms with Crippen LogP contribution in [0.3, 0.4) is 0 Å². The summed E-state index contributed by atoms with van der Waals surface area (Å²) < 4.78 is 9.24. The molecular formula is C55H36N2O. The standard InChI is InChI=1S/C55H36N2O/c1-3-18-37(19-4-1)55(38-20-5-2-6-21-38)46-29-11-7-27-45(46)53-47(55)30-17-33-50(53)57(51-34-16-28-44-43-26-10-14-35-52(43)58-54(44)51)40-23-15-22-39(36-40)56-48-31-12-8-24-41(48)42-25-9-13-32-49(42)56/h1-36H. The lowest BCUT2D eigenvalue weighted by atomic mass is 9.68. The maximum atomic E-state index is 6.85. The molecule has 0 saturated carbocycles. The number of hydrogen-bond donors (Lipinski definition) is 0. The van der Waals surface area contributed by atoms with Crippen molar-refractivity contribution in [1.29, 1.82) is 0 Å². The van der Waals surface area contributed by atoms with E-state index in [0.717, 1.165) is 44.7 Å². The zero-order valence-corrected chi connectivity index (χ0v) is 31.6. The molecule has 0 unspecified atom stereocenters. The summed E-state index contributed by atoms with van der Waals surface area (Å²) in [7, 11) is 0. The van der Waals surface area contributed by atoms with Crippen molar-refractivity contribution in [2.75, 3.05) is 4.90 Å². The van der Waals surface area contributed by atoms with Gasteiger partial charge >= 0.3 is 0 Å². The Balaban J connectivity index is 1.18. The first-order valence-electron chi connectivity index (χ1n) is 19.9. The summed E-state index contributed by atoms with van der Waals surface area (Å²) in [6, 6.07) is 79.2. The Labute approximate surface area is 336 Å². The highest BCUT2D eigenvalue weighted by molar-refractivity contribution is 6.12. The largest absolute Gasteiger partial charge is 0.454 e. The van der Waals surface area contributed by atoms with Crippen molar-refractivity contribution in [1.82, 2.24) is 4.57 Å². The van der Waals surface area contributed by atoms with E-state index >= 15 is 0 Å². The zero-order chi connectivity index (χ0) is 38.2. The topological polar surface area (TPSA) is 21.3 Å². The molecule has 58 heavy (non-hydrogen) atoms. The molecule has 0 amide bonds. The third kappa shape index (κ3) is 4.56. The number of benzene rings is 9. The summed E-state index contributed by atoms with van der Waals surface area (Å²) in [5, 5.41) is 4.67. The van der Waals surface area contributed by atoms with Crippen LogP contribution in [0.2, 0.25) is 0 Å². The van der Waals surface area contributed by atoms with Crippen molar-refractivity contribution in [3.63, 3.8) is 0 Å². The minimum Gasteiger partial charge on any atom is -0.454 e. The third-order valence-electron chi connectivity index (χ3n) is 12.3. The fourth-order valence-electron chi connectivity index (χ4n) is 9.95. The second-order valence-corrected chi connectivity index (χ2v) is 15.2. The molecule has 0 bridgehead atoms. The van der Waals surface area contributed by atoms with Gasteiger partial charge in [-0.05, 0) is 76.3 Å². The Kier molecular flexibility index (Phi) is 7.14. The molecule has 1 aliphatic carbocycles. The zero-order valence-electron chi connectivity index (χ0n) is 31.6. The van der Waals surface area contributed by atoms with Gasteiger partial charge in [0.2, 0.25) is 0 Å². The monoisotopic (exact) mass is 740 g/mol. The number of aromatic nitrogens is 1. The Morgan fingerprint density at radius 2 is 0.966 bits per heavy atom. The van der Waals surface area contributed by atoms with Gasteiger partial charge in [0.15, 0.2) is 5.58 Å². The molecule has 0 radical (unpaired) electrons. The van der Waals surface area contributed by atoms with Gasteiger partial charge in [0.1, 0.15) is 5.58 Å². The van der Waals surface area contributed by atoms with Gasteiger partial charge in [-0.15, -0.1) is 0 Å². The molecule has 3 heteroatoms. The first-order valence-corrected chi connectivity index (χ1v) is 19.9. The summed E-state index contributed by atoms with van der Waals surface area (Å²) in [4.78, 5) is 2.43. The number of anilines is 3. The van der Waals surface area contributed by atoms with E-state index in [1.807, 2.05) is 6.07 Å². The van der Waals surface area contributed by atoms with Crippen LogP contribution in [0.5, 0.6) is 0 Å². The minimum atomic E-state index is -0.535. The highest BCUT2D eigenvalue weighted by Crippen LogP contribution is 2.60. The Hall–Kier alpha value is -7.62. The van der Waals surface area contributed by atoms with Gasteiger partial charge in [-0.1, -0.05) is 170 Å². The van der Waals surface area contributed by atoms with Gasteiger partial charge in [0.25, 0.3) is 0 Å². The number of para-hydroxylation sites is 4. The quantitative estimate of drug-likeness (QED) is 0.169. The number of rotatable bonds is 6.